The van der Waals surface area contributed by atoms with Crippen molar-refractivity contribution in [1.29, 1.82) is 0 Å². The molecule has 0 aliphatic carbocycles. The van der Waals surface area contributed by atoms with Crippen molar-refractivity contribution in [2.24, 2.45) is 11.7 Å². The van der Waals surface area contributed by atoms with Gasteiger partial charge < -0.3 is 16.4 Å². The van der Waals surface area contributed by atoms with Gasteiger partial charge in [0.15, 0.2) is 0 Å². The zero-order chi connectivity index (χ0) is 11.0. The molecule has 2 unspecified atom stereocenters. The molecule has 1 fully saturated rings. The monoisotopic (exact) mass is 210 g/mol. The molecule has 0 spiro atoms. The molecule has 1 saturated heterocycles. The van der Waals surface area contributed by atoms with Gasteiger partial charge in [-0.05, 0) is 5.92 Å². The Balaban J connectivity index is 2.10. The predicted molar refractivity (Wildman–Crippen MR) is 53.8 cm³/mol. The van der Waals surface area contributed by atoms with Crippen LogP contribution in [0.5, 0.6) is 0 Å². The molecule has 5 N–H and O–H groups in total. The molecule has 7 nitrogen and oxygen atoms in total. The van der Waals surface area contributed by atoms with Gasteiger partial charge >= 0.3 is 0 Å². The number of H-pyrrole nitrogens is 1. The minimum absolute atomic E-state index is 0.0363. The van der Waals surface area contributed by atoms with E-state index in [0.29, 0.717) is 19.0 Å². The van der Waals surface area contributed by atoms with Gasteiger partial charge in [-0.1, -0.05) is 6.92 Å². The topological polar surface area (TPSA) is 114 Å². The molecule has 0 aromatic carbocycles. The van der Waals surface area contributed by atoms with Gasteiger partial charge in [0.05, 0.1) is 0 Å². The van der Waals surface area contributed by atoms with Gasteiger partial charge in [0.1, 0.15) is 0 Å². The van der Waals surface area contributed by atoms with Crippen LogP contribution in [0.1, 0.15) is 17.5 Å². The van der Waals surface area contributed by atoms with Gasteiger partial charge in [0.2, 0.25) is 11.8 Å². The lowest BCUT2D eigenvalue weighted by Crippen LogP contribution is -2.32. The summed E-state index contributed by atoms with van der Waals surface area (Å²) < 4.78 is 0. The average molecular weight is 210 g/mol. The van der Waals surface area contributed by atoms with E-state index in [4.69, 9.17) is 11.5 Å². The fourth-order valence-corrected chi connectivity index (χ4v) is 1.68. The van der Waals surface area contributed by atoms with E-state index in [2.05, 4.69) is 15.2 Å². The number of hydrogen-bond acceptors (Lipinski definition) is 5. The van der Waals surface area contributed by atoms with E-state index < -0.39 is 0 Å². The van der Waals surface area contributed by atoms with Crippen molar-refractivity contribution < 1.29 is 4.79 Å². The van der Waals surface area contributed by atoms with Crippen LogP contribution in [0.2, 0.25) is 0 Å². The van der Waals surface area contributed by atoms with E-state index in [0.717, 1.165) is 0 Å². The van der Waals surface area contributed by atoms with Crippen LogP contribution in [0.3, 0.4) is 0 Å². The molecule has 1 aliphatic heterocycles. The van der Waals surface area contributed by atoms with Crippen LogP contribution in [0.25, 0.3) is 0 Å². The second-order valence-electron chi connectivity index (χ2n) is 3.89. The molecule has 2 atom stereocenters. The smallest absolute Gasteiger partial charge is 0.291 e. The Bertz CT molecular complexity index is 365. The molecule has 1 aromatic heterocycles. The number of nitrogens with two attached hydrogens (primary N) is 2. The van der Waals surface area contributed by atoms with Crippen molar-refractivity contribution in [2.45, 2.75) is 13.0 Å². The van der Waals surface area contributed by atoms with Crippen molar-refractivity contribution in [2.75, 3.05) is 18.8 Å². The Labute approximate surface area is 86.8 Å². The average Bonchev–Trinajstić information content (AvgIpc) is 2.74. The Morgan fingerprint density at radius 3 is 2.80 bits per heavy atom. The van der Waals surface area contributed by atoms with E-state index in [1.165, 1.54) is 0 Å². The molecule has 2 rings (SSSR count). The zero-order valence-corrected chi connectivity index (χ0v) is 8.47. The van der Waals surface area contributed by atoms with Gasteiger partial charge in [-0.15, -0.1) is 5.10 Å². The number of rotatable bonds is 1. The second kappa shape index (κ2) is 3.50. The normalized spacial score (nSPS) is 25.9. The molecule has 1 amide bonds. The molecule has 1 aromatic rings. The third-order valence-electron chi connectivity index (χ3n) is 2.66. The number of nitrogen functional groups attached to an aromatic ring is 1. The summed E-state index contributed by atoms with van der Waals surface area (Å²) >= 11 is 0. The highest BCUT2D eigenvalue weighted by molar-refractivity contribution is 5.90. The lowest BCUT2D eigenvalue weighted by molar-refractivity contribution is 0.0775. The third-order valence-corrected chi connectivity index (χ3v) is 2.66. The SMILES string of the molecule is CC1CN(C(=O)c2nc(N)n[nH]2)CC1N. The lowest BCUT2D eigenvalue weighted by Gasteiger charge is -2.13. The van der Waals surface area contributed by atoms with Crippen LogP contribution >= 0.6 is 0 Å². The van der Waals surface area contributed by atoms with E-state index in [1.54, 1.807) is 4.90 Å². The van der Waals surface area contributed by atoms with Crippen LogP contribution < -0.4 is 11.5 Å². The van der Waals surface area contributed by atoms with Gasteiger partial charge in [-0.3, -0.25) is 9.89 Å². The quantitative estimate of drug-likeness (QED) is 0.539. The Hall–Kier alpha value is -1.63. The number of aromatic amines is 1. The lowest BCUT2D eigenvalue weighted by atomic mass is 10.1. The van der Waals surface area contributed by atoms with Crippen molar-refractivity contribution in [3.63, 3.8) is 0 Å². The summed E-state index contributed by atoms with van der Waals surface area (Å²) in [5.41, 5.74) is 11.1. The highest BCUT2D eigenvalue weighted by atomic mass is 16.2. The Morgan fingerprint density at radius 1 is 1.60 bits per heavy atom. The molecule has 82 valence electrons. The zero-order valence-electron chi connectivity index (χ0n) is 8.47. The molecule has 1 aliphatic rings. The fourth-order valence-electron chi connectivity index (χ4n) is 1.68. The predicted octanol–water partition coefficient (Wildman–Crippen LogP) is -1.19. The van der Waals surface area contributed by atoms with Crippen molar-refractivity contribution in [1.82, 2.24) is 20.1 Å². The van der Waals surface area contributed by atoms with Crippen molar-refractivity contribution in [3.8, 4) is 0 Å². The van der Waals surface area contributed by atoms with Crippen LogP contribution in [0.15, 0.2) is 0 Å². The van der Waals surface area contributed by atoms with Crippen molar-refractivity contribution >= 4 is 11.9 Å². The van der Waals surface area contributed by atoms with Crippen molar-refractivity contribution in [3.05, 3.63) is 5.82 Å². The maximum absolute atomic E-state index is 11.8. The second-order valence-corrected chi connectivity index (χ2v) is 3.89. The summed E-state index contributed by atoms with van der Waals surface area (Å²) in [5.74, 6) is 0.372. The number of hydrogen-bond donors (Lipinski definition) is 3. The first-order valence-corrected chi connectivity index (χ1v) is 4.80. The van der Waals surface area contributed by atoms with E-state index in [1.807, 2.05) is 6.92 Å². The number of aromatic nitrogens is 3. The summed E-state index contributed by atoms with van der Waals surface area (Å²) in [6, 6.07) is 0.0363. The van der Waals surface area contributed by atoms with E-state index in [9.17, 15) is 4.79 Å². The first-order chi connectivity index (χ1) is 7.08. The molecule has 0 radical (unpaired) electrons. The molecule has 7 heteroatoms. The number of anilines is 1. The molecule has 2 heterocycles. The first-order valence-electron chi connectivity index (χ1n) is 4.80. The van der Waals surface area contributed by atoms with Crippen LogP contribution in [0.4, 0.5) is 5.95 Å². The highest BCUT2D eigenvalue weighted by Gasteiger charge is 2.31. The number of nitrogens with one attached hydrogen (secondary N) is 1. The summed E-state index contributed by atoms with van der Waals surface area (Å²) in [4.78, 5) is 17.3. The summed E-state index contributed by atoms with van der Waals surface area (Å²) in [5, 5.41) is 6.10. The third kappa shape index (κ3) is 1.78. The first kappa shape index (κ1) is 9.91. The van der Waals surface area contributed by atoms with Gasteiger partial charge in [-0.2, -0.15) is 4.98 Å². The Morgan fingerprint density at radius 2 is 2.33 bits per heavy atom. The van der Waals surface area contributed by atoms with Crippen LogP contribution in [0, 0.1) is 5.92 Å². The highest BCUT2D eigenvalue weighted by Crippen LogP contribution is 2.16. The molecular weight excluding hydrogens is 196 g/mol. The van der Waals surface area contributed by atoms with Gasteiger partial charge in [0.25, 0.3) is 5.91 Å². The summed E-state index contributed by atoms with van der Waals surface area (Å²) in [6.45, 7) is 3.23. The number of likely N-dealkylation sites (tertiary alicyclic amines) is 1. The minimum Gasteiger partial charge on any atom is -0.366 e. The maximum atomic E-state index is 11.8. The van der Waals surface area contributed by atoms with Gasteiger partial charge in [-0.25, -0.2) is 0 Å². The van der Waals surface area contributed by atoms with E-state index in [-0.39, 0.29) is 23.7 Å². The number of carbonyl (C=O) groups excluding carboxylic acids is 1. The van der Waals surface area contributed by atoms with Gasteiger partial charge in [0, 0.05) is 19.1 Å². The minimum atomic E-state index is -0.195. The van der Waals surface area contributed by atoms with Crippen LogP contribution in [-0.4, -0.2) is 45.1 Å². The molecular formula is C8H14N6O. The maximum Gasteiger partial charge on any atom is 0.291 e. The summed E-state index contributed by atoms with van der Waals surface area (Å²) in [7, 11) is 0. The fraction of sp³-hybridized carbons (Fsp3) is 0.625. The standard InChI is InChI=1S/C8H14N6O/c1-4-2-14(3-5(4)9)7(15)6-11-8(10)13-12-6/h4-5H,2-3,9H2,1H3,(H3,10,11,12,13). The largest absolute Gasteiger partial charge is 0.366 e. The van der Waals surface area contributed by atoms with E-state index >= 15 is 0 Å². The molecule has 0 saturated carbocycles. The van der Waals surface area contributed by atoms with Crippen LogP contribution in [-0.2, 0) is 0 Å². The molecule has 0 bridgehead atoms. The number of amides is 1. The number of carbonyl (C=O) groups is 1. The molecule has 15 heavy (non-hydrogen) atoms. The summed E-state index contributed by atoms with van der Waals surface area (Å²) in [6.07, 6.45) is 0. The Kier molecular flexibility index (Phi) is 2.31. The number of nitrogens with zero attached hydrogens (tertiary/aromatic N) is 3.